The summed E-state index contributed by atoms with van der Waals surface area (Å²) < 4.78 is 13.5. The van der Waals surface area contributed by atoms with Crippen molar-refractivity contribution in [3.63, 3.8) is 0 Å². The molecular formula is C25H21ClN2O3S. The third kappa shape index (κ3) is 3.74. The maximum absolute atomic E-state index is 13.6. The Bertz CT molecular complexity index is 1240. The third-order valence-corrected chi connectivity index (χ3v) is 7.66. The lowest BCUT2D eigenvalue weighted by Gasteiger charge is -2.24. The number of hydrogen-bond acceptors (Lipinski definition) is 3. The van der Waals surface area contributed by atoms with E-state index in [0.717, 1.165) is 31.5 Å². The number of halogens is 1. The van der Waals surface area contributed by atoms with Gasteiger partial charge in [-0.05, 0) is 60.9 Å². The van der Waals surface area contributed by atoms with Crippen molar-refractivity contribution >= 4 is 39.9 Å². The summed E-state index contributed by atoms with van der Waals surface area (Å²) in [5.41, 5.74) is 2.30. The van der Waals surface area contributed by atoms with Crippen molar-refractivity contribution in [2.45, 2.75) is 29.2 Å². The normalized spacial score (nSPS) is 17.7. The molecule has 7 heteroatoms. The first-order valence-electron chi connectivity index (χ1n) is 10.5. The highest BCUT2D eigenvalue weighted by molar-refractivity contribution is 7.85. The topological polar surface area (TPSA) is 57.7 Å². The molecule has 0 spiro atoms. The molecule has 0 aliphatic carbocycles. The van der Waals surface area contributed by atoms with Gasteiger partial charge >= 0.3 is 0 Å². The SMILES string of the molecule is O=C(c1ccc2c(c1)N(Cc1ccc(Cl)cc1)C(=O)c1ccccc1[S@@]2=O)N1CCCC1. The van der Waals surface area contributed by atoms with Crippen molar-refractivity contribution in [1.82, 2.24) is 4.90 Å². The molecule has 0 unspecified atom stereocenters. The van der Waals surface area contributed by atoms with Crippen LogP contribution in [0.25, 0.3) is 0 Å². The van der Waals surface area contributed by atoms with E-state index in [1.807, 2.05) is 17.0 Å². The maximum Gasteiger partial charge on any atom is 0.259 e. The monoisotopic (exact) mass is 464 g/mol. The lowest BCUT2D eigenvalue weighted by molar-refractivity contribution is 0.0792. The number of carbonyl (C=O) groups is 2. The summed E-state index contributed by atoms with van der Waals surface area (Å²) in [5, 5.41) is 0.612. The zero-order valence-corrected chi connectivity index (χ0v) is 18.9. The largest absolute Gasteiger partial charge is 0.339 e. The van der Waals surface area contributed by atoms with Gasteiger partial charge in [-0.3, -0.25) is 9.59 Å². The van der Waals surface area contributed by atoms with E-state index in [1.54, 1.807) is 59.5 Å². The van der Waals surface area contributed by atoms with Crippen LogP contribution < -0.4 is 4.90 Å². The molecule has 162 valence electrons. The molecule has 0 saturated carbocycles. The highest BCUT2D eigenvalue weighted by Crippen LogP contribution is 2.36. The molecule has 0 N–H and O–H groups in total. The van der Waals surface area contributed by atoms with Gasteiger partial charge in [-0.2, -0.15) is 0 Å². The molecule has 0 radical (unpaired) electrons. The maximum atomic E-state index is 13.6. The van der Waals surface area contributed by atoms with Crippen molar-refractivity contribution in [1.29, 1.82) is 0 Å². The van der Waals surface area contributed by atoms with Crippen LogP contribution in [0.15, 0.2) is 76.5 Å². The lowest BCUT2D eigenvalue weighted by atomic mass is 10.1. The van der Waals surface area contributed by atoms with Crippen molar-refractivity contribution in [3.8, 4) is 0 Å². The molecular weight excluding hydrogens is 444 g/mol. The van der Waals surface area contributed by atoms with Gasteiger partial charge in [-0.25, -0.2) is 4.21 Å². The van der Waals surface area contributed by atoms with E-state index in [1.165, 1.54) is 0 Å². The van der Waals surface area contributed by atoms with Crippen LogP contribution in [0, 0.1) is 0 Å². The molecule has 32 heavy (non-hydrogen) atoms. The Labute approximate surface area is 194 Å². The van der Waals surface area contributed by atoms with Crippen LogP contribution in [0.1, 0.15) is 39.1 Å². The minimum Gasteiger partial charge on any atom is -0.339 e. The van der Waals surface area contributed by atoms with Crippen LogP contribution in [0.4, 0.5) is 5.69 Å². The highest BCUT2D eigenvalue weighted by atomic mass is 35.5. The summed E-state index contributed by atoms with van der Waals surface area (Å²) in [6.45, 7) is 1.75. The number of hydrogen-bond donors (Lipinski definition) is 0. The third-order valence-electron chi connectivity index (χ3n) is 5.91. The Hall–Kier alpha value is -2.96. The summed E-state index contributed by atoms with van der Waals surface area (Å²) >= 11 is 6.03. The number of rotatable bonds is 3. The zero-order chi connectivity index (χ0) is 22.2. The van der Waals surface area contributed by atoms with Crippen LogP contribution >= 0.6 is 11.6 Å². The molecule has 0 aromatic heterocycles. The van der Waals surface area contributed by atoms with E-state index in [4.69, 9.17) is 11.6 Å². The van der Waals surface area contributed by atoms with Gasteiger partial charge in [0.25, 0.3) is 11.8 Å². The first kappa shape index (κ1) is 20.9. The first-order valence-corrected chi connectivity index (χ1v) is 12.1. The number of nitrogens with zero attached hydrogens (tertiary/aromatic N) is 2. The summed E-state index contributed by atoms with van der Waals surface area (Å²) in [6.07, 6.45) is 1.99. The van der Waals surface area contributed by atoms with Gasteiger partial charge < -0.3 is 9.80 Å². The van der Waals surface area contributed by atoms with Crippen LogP contribution in [-0.2, 0) is 17.3 Å². The number of benzene rings is 3. The number of amides is 2. The van der Waals surface area contributed by atoms with Crippen molar-refractivity contribution in [2.24, 2.45) is 0 Å². The molecule has 2 heterocycles. The second-order valence-corrected chi connectivity index (χ2v) is 9.82. The average molecular weight is 465 g/mol. The molecule has 5 rings (SSSR count). The van der Waals surface area contributed by atoms with E-state index in [9.17, 15) is 13.8 Å². The number of anilines is 1. The zero-order valence-electron chi connectivity index (χ0n) is 17.3. The average Bonchev–Trinajstić information content (AvgIpc) is 3.35. The summed E-state index contributed by atoms with van der Waals surface area (Å²) in [7, 11) is -1.54. The Balaban J connectivity index is 1.64. The second-order valence-electron chi connectivity index (χ2n) is 7.96. The lowest BCUT2D eigenvalue weighted by Crippen LogP contribution is -2.31. The fraction of sp³-hybridized carbons (Fsp3) is 0.200. The Morgan fingerprint density at radius 2 is 1.66 bits per heavy atom. The highest BCUT2D eigenvalue weighted by Gasteiger charge is 2.32. The number of carbonyl (C=O) groups excluding carboxylic acids is 2. The second kappa shape index (κ2) is 8.52. The van der Waals surface area contributed by atoms with Gasteiger partial charge in [0.05, 0.1) is 38.4 Å². The first-order chi connectivity index (χ1) is 15.5. The van der Waals surface area contributed by atoms with Gasteiger partial charge in [-0.15, -0.1) is 0 Å². The number of fused-ring (bicyclic) bond motifs is 2. The van der Waals surface area contributed by atoms with E-state index in [0.29, 0.717) is 31.6 Å². The van der Waals surface area contributed by atoms with Gasteiger partial charge in [0, 0.05) is 23.7 Å². The van der Waals surface area contributed by atoms with Gasteiger partial charge in [0.15, 0.2) is 0 Å². The number of likely N-dealkylation sites (tertiary alicyclic amines) is 1. The molecule has 2 aliphatic rings. The summed E-state index contributed by atoms with van der Waals surface area (Å²) in [6, 6.07) is 19.4. The van der Waals surface area contributed by atoms with Crippen LogP contribution in [0.3, 0.4) is 0 Å². The van der Waals surface area contributed by atoms with Gasteiger partial charge in [-0.1, -0.05) is 35.9 Å². The fourth-order valence-electron chi connectivity index (χ4n) is 4.23. The van der Waals surface area contributed by atoms with Crippen LogP contribution in [0.2, 0.25) is 5.02 Å². The minimum atomic E-state index is -1.54. The Kier molecular flexibility index (Phi) is 5.57. The standard InChI is InChI=1S/C25H21ClN2O3S/c26-19-10-7-17(8-11-19)16-28-21-15-18(24(29)27-13-3-4-14-27)9-12-23(21)32(31)22-6-2-1-5-20(22)25(28)30/h1-2,5-12,15H,3-4,13-14,16H2/t32-/m0/s1. The van der Waals surface area contributed by atoms with Crippen LogP contribution in [0.5, 0.6) is 0 Å². The molecule has 5 nitrogen and oxygen atoms in total. The Morgan fingerprint density at radius 3 is 2.41 bits per heavy atom. The molecule has 0 bridgehead atoms. The van der Waals surface area contributed by atoms with Gasteiger partial charge in [0.2, 0.25) is 0 Å². The van der Waals surface area contributed by atoms with Crippen molar-refractivity contribution in [2.75, 3.05) is 18.0 Å². The smallest absolute Gasteiger partial charge is 0.259 e. The molecule has 2 amide bonds. The molecule has 3 aromatic carbocycles. The molecule has 1 saturated heterocycles. The van der Waals surface area contributed by atoms with Gasteiger partial charge in [0.1, 0.15) is 0 Å². The van der Waals surface area contributed by atoms with Crippen molar-refractivity contribution in [3.05, 3.63) is 88.4 Å². The predicted molar refractivity (Wildman–Crippen MR) is 125 cm³/mol. The Morgan fingerprint density at radius 1 is 0.938 bits per heavy atom. The summed E-state index contributed by atoms with van der Waals surface area (Å²) in [5.74, 6) is -0.301. The molecule has 2 aliphatic heterocycles. The summed E-state index contributed by atoms with van der Waals surface area (Å²) in [4.78, 5) is 31.1. The minimum absolute atomic E-state index is 0.0586. The van der Waals surface area contributed by atoms with Crippen molar-refractivity contribution < 1.29 is 13.8 Å². The van der Waals surface area contributed by atoms with E-state index >= 15 is 0 Å². The predicted octanol–water partition coefficient (Wildman–Crippen LogP) is 4.90. The van der Waals surface area contributed by atoms with E-state index in [2.05, 4.69) is 0 Å². The van der Waals surface area contributed by atoms with E-state index in [-0.39, 0.29) is 18.4 Å². The fourth-order valence-corrected chi connectivity index (χ4v) is 5.70. The quantitative estimate of drug-likeness (QED) is 0.553. The molecule has 1 fully saturated rings. The molecule has 1 atom stereocenters. The molecule has 3 aromatic rings. The van der Waals surface area contributed by atoms with Crippen LogP contribution in [-0.4, -0.2) is 34.0 Å². The van der Waals surface area contributed by atoms with E-state index < -0.39 is 10.8 Å².